The zero-order chi connectivity index (χ0) is 9.52. The highest BCUT2D eigenvalue weighted by molar-refractivity contribution is 7.98. The molecule has 0 aliphatic heterocycles. The number of nitrogens with one attached hydrogen (secondary N) is 1. The molecule has 1 aromatic rings. The lowest BCUT2D eigenvalue weighted by Crippen LogP contribution is -1.96. The first-order chi connectivity index (χ1) is 6.36. The van der Waals surface area contributed by atoms with Crippen LogP contribution in [0.2, 0.25) is 0 Å². The van der Waals surface area contributed by atoms with Crippen molar-refractivity contribution in [1.29, 1.82) is 0 Å². The Balaban J connectivity index is 2.31. The molecule has 5 heteroatoms. The molecule has 0 fully saturated rings. The maximum Gasteiger partial charge on any atom is 0.321 e. The Labute approximate surface area is 82.5 Å². The molecule has 0 saturated carbocycles. The Hall–Kier alpha value is -0.710. The van der Waals surface area contributed by atoms with Crippen molar-refractivity contribution in [2.24, 2.45) is 0 Å². The van der Waals surface area contributed by atoms with Gasteiger partial charge in [0.1, 0.15) is 0 Å². The van der Waals surface area contributed by atoms with Crippen molar-refractivity contribution in [3.63, 3.8) is 0 Å². The summed E-state index contributed by atoms with van der Waals surface area (Å²) in [5, 5.41) is 6.81. The van der Waals surface area contributed by atoms with E-state index in [0.717, 1.165) is 23.9 Å². The second-order valence-electron chi connectivity index (χ2n) is 2.60. The van der Waals surface area contributed by atoms with Crippen LogP contribution in [-0.2, 0) is 5.75 Å². The fourth-order valence-corrected chi connectivity index (χ4v) is 1.58. The number of hydrogen-bond acceptors (Lipinski definition) is 5. The van der Waals surface area contributed by atoms with Gasteiger partial charge in [0.2, 0.25) is 0 Å². The van der Waals surface area contributed by atoms with Crippen molar-refractivity contribution in [2.45, 2.75) is 26.0 Å². The van der Waals surface area contributed by atoms with Gasteiger partial charge in [0.15, 0.2) is 5.82 Å². The zero-order valence-electron chi connectivity index (χ0n) is 8.04. The SMILES string of the molecule is CCCSCc1noc(NCC)n1. The van der Waals surface area contributed by atoms with Crippen LogP contribution < -0.4 is 5.32 Å². The Morgan fingerprint density at radius 1 is 1.46 bits per heavy atom. The Kier molecular flexibility index (Phi) is 4.67. The van der Waals surface area contributed by atoms with Gasteiger partial charge in [0, 0.05) is 6.54 Å². The van der Waals surface area contributed by atoms with Gasteiger partial charge in [-0.2, -0.15) is 16.7 Å². The monoisotopic (exact) mass is 201 g/mol. The van der Waals surface area contributed by atoms with Crippen LogP contribution in [0.25, 0.3) is 0 Å². The minimum Gasteiger partial charge on any atom is -0.338 e. The van der Waals surface area contributed by atoms with E-state index in [9.17, 15) is 0 Å². The van der Waals surface area contributed by atoms with Gasteiger partial charge in [-0.15, -0.1) is 0 Å². The molecule has 0 atom stereocenters. The van der Waals surface area contributed by atoms with Crippen LogP contribution in [0.4, 0.5) is 6.01 Å². The summed E-state index contributed by atoms with van der Waals surface area (Å²) in [6.07, 6.45) is 1.18. The van der Waals surface area contributed by atoms with Crippen molar-refractivity contribution in [3.8, 4) is 0 Å². The van der Waals surface area contributed by atoms with Gasteiger partial charge in [-0.3, -0.25) is 0 Å². The van der Waals surface area contributed by atoms with Gasteiger partial charge >= 0.3 is 6.01 Å². The molecule has 0 unspecified atom stereocenters. The highest BCUT2D eigenvalue weighted by Gasteiger charge is 2.03. The van der Waals surface area contributed by atoms with Crippen LogP contribution in [-0.4, -0.2) is 22.4 Å². The van der Waals surface area contributed by atoms with Crippen LogP contribution in [0.3, 0.4) is 0 Å². The lowest BCUT2D eigenvalue weighted by molar-refractivity contribution is 0.425. The van der Waals surface area contributed by atoms with Gasteiger partial charge in [0.05, 0.1) is 5.75 Å². The van der Waals surface area contributed by atoms with Gasteiger partial charge in [-0.1, -0.05) is 12.1 Å². The number of hydrogen-bond donors (Lipinski definition) is 1. The second kappa shape index (κ2) is 5.85. The Morgan fingerprint density at radius 2 is 2.31 bits per heavy atom. The number of nitrogens with zero attached hydrogens (tertiary/aromatic N) is 2. The number of aromatic nitrogens is 2. The fraction of sp³-hybridized carbons (Fsp3) is 0.750. The molecule has 0 bridgehead atoms. The van der Waals surface area contributed by atoms with Crippen LogP contribution in [0.1, 0.15) is 26.1 Å². The summed E-state index contributed by atoms with van der Waals surface area (Å²) >= 11 is 1.82. The van der Waals surface area contributed by atoms with E-state index in [4.69, 9.17) is 4.52 Å². The first-order valence-corrected chi connectivity index (χ1v) is 5.66. The third kappa shape index (κ3) is 3.67. The van der Waals surface area contributed by atoms with Crippen molar-refractivity contribution in [1.82, 2.24) is 10.1 Å². The van der Waals surface area contributed by atoms with Crippen LogP contribution >= 0.6 is 11.8 Å². The summed E-state index contributed by atoms with van der Waals surface area (Å²) in [5.41, 5.74) is 0. The molecular formula is C8H15N3OS. The van der Waals surface area contributed by atoms with E-state index in [-0.39, 0.29) is 0 Å². The molecule has 13 heavy (non-hydrogen) atoms. The first-order valence-electron chi connectivity index (χ1n) is 4.51. The largest absolute Gasteiger partial charge is 0.338 e. The summed E-state index contributed by atoms with van der Waals surface area (Å²) in [7, 11) is 0. The molecule has 0 saturated heterocycles. The molecule has 1 heterocycles. The molecule has 4 nitrogen and oxygen atoms in total. The van der Waals surface area contributed by atoms with E-state index >= 15 is 0 Å². The van der Waals surface area contributed by atoms with E-state index in [2.05, 4.69) is 22.4 Å². The standard InChI is InChI=1S/C8H15N3OS/c1-3-5-13-6-7-10-8(9-4-2)12-11-7/h3-6H2,1-2H3,(H,9,10,11). The third-order valence-corrected chi connectivity index (χ3v) is 2.53. The van der Waals surface area contributed by atoms with E-state index in [1.165, 1.54) is 6.42 Å². The Morgan fingerprint density at radius 3 is 3.00 bits per heavy atom. The zero-order valence-corrected chi connectivity index (χ0v) is 8.86. The topological polar surface area (TPSA) is 51.0 Å². The number of rotatable bonds is 6. The van der Waals surface area contributed by atoms with E-state index < -0.39 is 0 Å². The lowest BCUT2D eigenvalue weighted by atomic mass is 10.6. The lowest BCUT2D eigenvalue weighted by Gasteiger charge is -1.92. The van der Waals surface area contributed by atoms with Gasteiger partial charge in [0.25, 0.3) is 0 Å². The summed E-state index contributed by atoms with van der Waals surface area (Å²) < 4.78 is 4.95. The Bertz CT molecular complexity index is 239. The highest BCUT2D eigenvalue weighted by Crippen LogP contribution is 2.11. The van der Waals surface area contributed by atoms with Crippen molar-refractivity contribution in [3.05, 3.63) is 5.82 Å². The molecule has 0 amide bonds. The predicted octanol–water partition coefficient (Wildman–Crippen LogP) is 2.14. The molecule has 0 spiro atoms. The molecule has 0 radical (unpaired) electrons. The van der Waals surface area contributed by atoms with Gasteiger partial charge in [-0.25, -0.2) is 0 Å². The molecule has 1 aromatic heterocycles. The first kappa shape index (κ1) is 10.4. The van der Waals surface area contributed by atoms with Crippen LogP contribution in [0.15, 0.2) is 4.52 Å². The molecule has 0 aliphatic carbocycles. The number of anilines is 1. The summed E-state index contributed by atoms with van der Waals surface area (Å²) in [5.74, 6) is 2.75. The maximum atomic E-state index is 4.95. The van der Waals surface area contributed by atoms with Crippen LogP contribution in [0.5, 0.6) is 0 Å². The van der Waals surface area contributed by atoms with Crippen molar-refractivity contribution < 1.29 is 4.52 Å². The molecule has 74 valence electrons. The van der Waals surface area contributed by atoms with Crippen molar-refractivity contribution in [2.75, 3.05) is 17.6 Å². The van der Waals surface area contributed by atoms with Crippen LogP contribution in [0, 0.1) is 0 Å². The fourth-order valence-electron chi connectivity index (χ4n) is 0.843. The quantitative estimate of drug-likeness (QED) is 0.715. The second-order valence-corrected chi connectivity index (χ2v) is 3.70. The molecule has 1 N–H and O–H groups in total. The minimum atomic E-state index is 0.523. The summed E-state index contributed by atoms with van der Waals surface area (Å²) in [4.78, 5) is 4.16. The summed E-state index contributed by atoms with van der Waals surface area (Å²) in [6, 6.07) is 0.523. The smallest absolute Gasteiger partial charge is 0.321 e. The van der Waals surface area contributed by atoms with E-state index in [1.807, 2.05) is 18.7 Å². The number of thioether (sulfide) groups is 1. The molecule has 0 aliphatic rings. The summed E-state index contributed by atoms with van der Waals surface area (Å²) in [6.45, 7) is 4.97. The predicted molar refractivity (Wildman–Crippen MR) is 54.9 cm³/mol. The average molecular weight is 201 g/mol. The average Bonchev–Trinajstić information content (AvgIpc) is 2.54. The minimum absolute atomic E-state index is 0.523. The van der Waals surface area contributed by atoms with Crippen molar-refractivity contribution >= 4 is 17.8 Å². The normalized spacial score (nSPS) is 10.3. The highest BCUT2D eigenvalue weighted by atomic mass is 32.2. The molecule has 0 aromatic carbocycles. The molecule has 1 rings (SSSR count). The van der Waals surface area contributed by atoms with Gasteiger partial charge < -0.3 is 9.84 Å². The maximum absolute atomic E-state index is 4.95. The third-order valence-electron chi connectivity index (χ3n) is 1.38. The van der Waals surface area contributed by atoms with E-state index in [1.54, 1.807) is 0 Å². The van der Waals surface area contributed by atoms with Gasteiger partial charge in [-0.05, 0) is 19.1 Å². The van der Waals surface area contributed by atoms with E-state index in [0.29, 0.717) is 6.01 Å². The molecular weight excluding hydrogens is 186 g/mol.